The Morgan fingerprint density at radius 3 is 2.71 bits per heavy atom. The van der Waals surface area contributed by atoms with Crippen LogP contribution in [0.2, 0.25) is 0 Å². The maximum absolute atomic E-state index is 12.7. The van der Waals surface area contributed by atoms with E-state index < -0.39 is 4.92 Å². The molecule has 1 heterocycles. The van der Waals surface area contributed by atoms with Gasteiger partial charge in [0.2, 0.25) is 0 Å². The number of hydrogen-bond donors (Lipinski definition) is 1. The second-order valence-electron chi connectivity index (χ2n) is 6.09. The molecule has 0 atom stereocenters. The lowest BCUT2D eigenvalue weighted by molar-refractivity contribution is -0.384. The summed E-state index contributed by atoms with van der Waals surface area (Å²) in [7, 11) is 1.57. The molecule has 1 amide bonds. The zero-order valence-corrected chi connectivity index (χ0v) is 15.6. The molecule has 0 unspecified atom stereocenters. The van der Waals surface area contributed by atoms with Crippen molar-refractivity contribution in [2.75, 3.05) is 13.7 Å². The summed E-state index contributed by atoms with van der Waals surface area (Å²) in [6, 6.07) is 15.0. The number of rotatable bonds is 7. The Balaban J connectivity index is 2.11. The van der Waals surface area contributed by atoms with Crippen molar-refractivity contribution in [3.63, 3.8) is 0 Å². The molecule has 3 rings (SSSR count). The summed E-state index contributed by atoms with van der Waals surface area (Å²) in [4.78, 5) is 23.3. The van der Waals surface area contributed by atoms with Crippen LogP contribution in [0.5, 0.6) is 5.75 Å². The monoisotopic (exact) mass is 380 g/mol. The van der Waals surface area contributed by atoms with Gasteiger partial charge in [0.25, 0.3) is 11.6 Å². The lowest BCUT2D eigenvalue weighted by Crippen LogP contribution is -2.26. The van der Waals surface area contributed by atoms with Crippen LogP contribution in [-0.4, -0.2) is 34.3 Å². The molecule has 1 N–H and O–H groups in total. The molecule has 0 radical (unpaired) electrons. The van der Waals surface area contributed by atoms with Gasteiger partial charge in [-0.05, 0) is 30.7 Å². The Bertz CT molecular complexity index is 1010. The van der Waals surface area contributed by atoms with Gasteiger partial charge in [0, 0.05) is 24.2 Å². The first kappa shape index (κ1) is 19.1. The third-order valence-corrected chi connectivity index (χ3v) is 4.13. The van der Waals surface area contributed by atoms with Crippen LogP contribution in [-0.2, 0) is 0 Å². The highest BCUT2D eigenvalue weighted by atomic mass is 16.6. The number of aromatic nitrogens is 2. The zero-order valence-electron chi connectivity index (χ0n) is 15.6. The third-order valence-electron chi connectivity index (χ3n) is 4.13. The Morgan fingerprint density at radius 2 is 2.00 bits per heavy atom. The van der Waals surface area contributed by atoms with E-state index in [0.29, 0.717) is 29.4 Å². The zero-order chi connectivity index (χ0) is 20.1. The summed E-state index contributed by atoms with van der Waals surface area (Å²) in [6.45, 7) is 2.48. The quantitative estimate of drug-likeness (QED) is 0.499. The highest BCUT2D eigenvalue weighted by molar-refractivity contribution is 5.94. The highest BCUT2D eigenvalue weighted by Gasteiger charge is 2.19. The standard InChI is InChI=1S/C20H20N4O4/c1-3-10-21-20(25)19-13-18(14-6-4-9-17(11-14)28-2)22-23(19)15-7-5-8-16(12-15)24(26)27/h4-9,11-13H,3,10H2,1-2H3,(H,21,25). The summed E-state index contributed by atoms with van der Waals surface area (Å²) in [6.07, 6.45) is 0.791. The van der Waals surface area contributed by atoms with E-state index in [0.717, 1.165) is 12.0 Å². The van der Waals surface area contributed by atoms with Crippen LogP contribution in [0, 0.1) is 10.1 Å². The molecule has 0 fully saturated rings. The number of nitrogens with one attached hydrogen (secondary N) is 1. The third kappa shape index (κ3) is 4.01. The first-order valence-electron chi connectivity index (χ1n) is 8.81. The lowest BCUT2D eigenvalue weighted by Gasteiger charge is -2.07. The predicted molar refractivity (Wildman–Crippen MR) is 105 cm³/mol. The summed E-state index contributed by atoms with van der Waals surface area (Å²) in [5.41, 5.74) is 1.99. The fourth-order valence-electron chi connectivity index (χ4n) is 2.73. The molecule has 8 heteroatoms. The molecule has 0 saturated carbocycles. The summed E-state index contributed by atoms with van der Waals surface area (Å²) in [5.74, 6) is 0.370. The molecule has 28 heavy (non-hydrogen) atoms. The number of non-ortho nitro benzene ring substituents is 1. The van der Waals surface area contributed by atoms with Gasteiger partial charge in [-0.15, -0.1) is 0 Å². The van der Waals surface area contributed by atoms with Crippen molar-refractivity contribution in [3.8, 4) is 22.7 Å². The largest absolute Gasteiger partial charge is 0.497 e. The van der Waals surface area contributed by atoms with Crippen LogP contribution in [0.1, 0.15) is 23.8 Å². The number of nitro benzene ring substituents is 1. The van der Waals surface area contributed by atoms with Crippen molar-refractivity contribution in [1.29, 1.82) is 0 Å². The van der Waals surface area contributed by atoms with Crippen molar-refractivity contribution in [2.45, 2.75) is 13.3 Å². The molecular formula is C20H20N4O4. The average Bonchev–Trinajstić information content (AvgIpc) is 3.18. The van der Waals surface area contributed by atoms with Crippen LogP contribution < -0.4 is 10.1 Å². The molecule has 0 aliphatic rings. The van der Waals surface area contributed by atoms with Gasteiger partial charge in [0.05, 0.1) is 23.4 Å². The second-order valence-corrected chi connectivity index (χ2v) is 6.09. The van der Waals surface area contributed by atoms with E-state index in [1.165, 1.54) is 16.8 Å². The number of ether oxygens (including phenoxy) is 1. The smallest absolute Gasteiger partial charge is 0.271 e. The minimum Gasteiger partial charge on any atom is -0.497 e. The maximum Gasteiger partial charge on any atom is 0.271 e. The number of carbonyl (C=O) groups is 1. The van der Waals surface area contributed by atoms with Gasteiger partial charge in [0.15, 0.2) is 0 Å². The van der Waals surface area contributed by atoms with E-state index >= 15 is 0 Å². The lowest BCUT2D eigenvalue weighted by atomic mass is 10.1. The van der Waals surface area contributed by atoms with Gasteiger partial charge in [-0.3, -0.25) is 14.9 Å². The van der Waals surface area contributed by atoms with E-state index in [1.54, 1.807) is 25.3 Å². The number of hydrogen-bond acceptors (Lipinski definition) is 5. The normalized spacial score (nSPS) is 10.5. The van der Waals surface area contributed by atoms with E-state index in [9.17, 15) is 14.9 Å². The van der Waals surface area contributed by atoms with Gasteiger partial charge in [-0.25, -0.2) is 4.68 Å². The minimum atomic E-state index is -0.479. The van der Waals surface area contributed by atoms with Crippen molar-refractivity contribution in [3.05, 3.63) is 70.4 Å². The fraction of sp³-hybridized carbons (Fsp3) is 0.200. The fourth-order valence-corrected chi connectivity index (χ4v) is 2.73. The molecule has 0 spiro atoms. The molecule has 0 aliphatic heterocycles. The molecule has 0 aliphatic carbocycles. The second kappa shape index (κ2) is 8.34. The van der Waals surface area contributed by atoms with Gasteiger partial charge in [-0.2, -0.15) is 5.10 Å². The van der Waals surface area contributed by atoms with E-state index in [-0.39, 0.29) is 11.6 Å². The molecule has 3 aromatic rings. The summed E-state index contributed by atoms with van der Waals surface area (Å²) < 4.78 is 6.68. The topological polar surface area (TPSA) is 99.3 Å². The van der Waals surface area contributed by atoms with Crippen LogP contribution in [0.25, 0.3) is 16.9 Å². The highest BCUT2D eigenvalue weighted by Crippen LogP contribution is 2.26. The van der Waals surface area contributed by atoms with Gasteiger partial charge in [-0.1, -0.05) is 25.1 Å². The van der Waals surface area contributed by atoms with Crippen LogP contribution in [0.3, 0.4) is 0 Å². The Labute approximate surface area is 161 Å². The number of benzene rings is 2. The molecule has 2 aromatic carbocycles. The number of amides is 1. The van der Waals surface area contributed by atoms with E-state index in [1.807, 2.05) is 31.2 Å². The molecule has 8 nitrogen and oxygen atoms in total. The predicted octanol–water partition coefficient (Wildman–Crippen LogP) is 3.60. The number of nitrogens with zero attached hydrogens (tertiary/aromatic N) is 3. The minimum absolute atomic E-state index is 0.0733. The van der Waals surface area contributed by atoms with Gasteiger partial charge in [0.1, 0.15) is 11.4 Å². The molecule has 0 bridgehead atoms. The van der Waals surface area contributed by atoms with Crippen molar-refractivity contribution >= 4 is 11.6 Å². The van der Waals surface area contributed by atoms with Gasteiger partial charge >= 0.3 is 0 Å². The summed E-state index contributed by atoms with van der Waals surface area (Å²) in [5, 5.41) is 18.5. The summed E-state index contributed by atoms with van der Waals surface area (Å²) >= 11 is 0. The van der Waals surface area contributed by atoms with Gasteiger partial charge < -0.3 is 10.1 Å². The molecule has 0 saturated heterocycles. The SMILES string of the molecule is CCCNC(=O)c1cc(-c2cccc(OC)c2)nn1-c1cccc([N+](=O)[O-])c1. The first-order chi connectivity index (χ1) is 13.5. The first-order valence-corrected chi connectivity index (χ1v) is 8.81. The van der Waals surface area contributed by atoms with Crippen molar-refractivity contribution in [1.82, 2.24) is 15.1 Å². The Hall–Kier alpha value is -3.68. The number of nitro groups is 1. The molecule has 144 valence electrons. The Kier molecular flexibility index (Phi) is 5.69. The van der Waals surface area contributed by atoms with Crippen molar-refractivity contribution < 1.29 is 14.5 Å². The number of methoxy groups -OCH3 is 1. The maximum atomic E-state index is 12.7. The Morgan fingerprint density at radius 1 is 1.21 bits per heavy atom. The van der Waals surface area contributed by atoms with Crippen LogP contribution in [0.4, 0.5) is 5.69 Å². The van der Waals surface area contributed by atoms with Crippen molar-refractivity contribution in [2.24, 2.45) is 0 Å². The average molecular weight is 380 g/mol. The van der Waals surface area contributed by atoms with Crippen LogP contribution in [0.15, 0.2) is 54.6 Å². The van der Waals surface area contributed by atoms with Crippen LogP contribution >= 0.6 is 0 Å². The van der Waals surface area contributed by atoms with E-state index in [2.05, 4.69) is 10.4 Å². The number of carbonyl (C=O) groups excluding carboxylic acids is 1. The molecule has 1 aromatic heterocycles. The van der Waals surface area contributed by atoms with E-state index in [4.69, 9.17) is 4.74 Å². The molecular weight excluding hydrogens is 360 g/mol.